The molecule has 0 saturated heterocycles. The molecular weight excluding hydrogens is 332 g/mol. The molecule has 2 N–H and O–H groups in total. The summed E-state index contributed by atoms with van der Waals surface area (Å²) in [5.41, 5.74) is 0.482. The number of benzene rings is 1. The van der Waals surface area contributed by atoms with E-state index in [1.54, 1.807) is 43.9 Å². The fourth-order valence-corrected chi connectivity index (χ4v) is 2.59. The number of methoxy groups -OCH3 is 1. The van der Waals surface area contributed by atoms with Crippen molar-refractivity contribution in [2.45, 2.75) is 39.4 Å². The number of nitrogens with zero attached hydrogens (tertiary/aromatic N) is 2. The first-order chi connectivity index (χ1) is 12.4. The molecule has 2 aromatic rings. The van der Waals surface area contributed by atoms with Gasteiger partial charge in [0.2, 0.25) is 5.91 Å². The molecule has 1 aromatic carbocycles. The number of carbonyl (C=O) groups is 2. The summed E-state index contributed by atoms with van der Waals surface area (Å²) in [7, 11) is 1.57. The van der Waals surface area contributed by atoms with Crippen LogP contribution in [0.25, 0.3) is 0 Å². The molecule has 0 aliphatic rings. The van der Waals surface area contributed by atoms with Crippen LogP contribution in [-0.2, 0) is 11.3 Å². The molecule has 2 rings (SSSR count). The van der Waals surface area contributed by atoms with Crippen molar-refractivity contribution in [3.8, 4) is 5.75 Å². The Morgan fingerprint density at radius 3 is 2.38 bits per heavy atom. The third-order valence-electron chi connectivity index (χ3n) is 4.02. The first-order valence-electron chi connectivity index (χ1n) is 8.61. The molecule has 2 amide bonds. The maximum atomic E-state index is 12.6. The minimum Gasteiger partial charge on any atom is -0.497 e. The van der Waals surface area contributed by atoms with Crippen molar-refractivity contribution in [3.05, 3.63) is 48.5 Å². The molecule has 2 atom stereocenters. The molecule has 1 heterocycles. The van der Waals surface area contributed by atoms with Gasteiger partial charge in [0.15, 0.2) is 0 Å². The van der Waals surface area contributed by atoms with Gasteiger partial charge in [-0.05, 0) is 37.1 Å². The van der Waals surface area contributed by atoms with Crippen molar-refractivity contribution in [1.82, 2.24) is 20.2 Å². The Labute approximate surface area is 153 Å². The van der Waals surface area contributed by atoms with E-state index in [1.165, 1.54) is 0 Å². The molecule has 7 heteroatoms. The van der Waals surface area contributed by atoms with Gasteiger partial charge >= 0.3 is 0 Å². The number of hydrogen-bond donors (Lipinski definition) is 2. The summed E-state index contributed by atoms with van der Waals surface area (Å²) in [6, 6.07) is 6.07. The predicted octanol–water partition coefficient (Wildman–Crippen LogP) is 1.85. The number of imidazole rings is 1. The second kappa shape index (κ2) is 9.03. The minimum absolute atomic E-state index is 0.0438. The Kier molecular flexibility index (Phi) is 6.77. The number of nitrogens with one attached hydrogen (secondary N) is 2. The smallest absolute Gasteiger partial charge is 0.251 e. The summed E-state index contributed by atoms with van der Waals surface area (Å²) in [6.07, 6.45) is 5.24. The van der Waals surface area contributed by atoms with E-state index in [0.29, 0.717) is 17.9 Å². The highest BCUT2D eigenvalue weighted by molar-refractivity contribution is 5.97. The molecule has 26 heavy (non-hydrogen) atoms. The molecule has 0 bridgehead atoms. The van der Waals surface area contributed by atoms with Crippen LogP contribution in [0.4, 0.5) is 0 Å². The van der Waals surface area contributed by atoms with E-state index in [9.17, 15) is 9.59 Å². The fourth-order valence-electron chi connectivity index (χ4n) is 2.59. The van der Waals surface area contributed by atoms with Crippen LogP contribution in [0.3, 0.4) is 0 Å². The number of ether oxygens (including phenoxy) is 1. The predicted molar refractivity (Wildman–Crippen MR) is 98.9 cm³/mol. The van der Waals surface area contributed by atoms with Crippen molar-refractivity contribution in [2.24, 2.45) is 5.92 Å². The molecule has 0 radical (unpaired) electrons. The highest BCUT2D eigenvalue weighted by Gasteiger charge is 2.25. The lowest BCUT2D eigenvalue weighted by atomic mass is 10.0. The van der Waals surface area contributed by atoms with Crippen LogP contribution >= 0.6 is 0 Å². The zero-order valence-corrected chi connectivity index (χ0v) is 15.6. The van der Waals surface area contributed by atoms with Crippen molar-refractivity contribution < 1.29 is 14.3 Å². The fraction of sp³-hybridized carbons (Fsp3) is 0.421. The van der Waals surface area contributed by atoms with Crippen molar-refractivity contribution in [2.75, 3.05) is 7.11 Å². The minimum atomic E-state index is -0.616. The van der Waals surface area contributed by atoms with E-state index in [1.807, 2.05) is 31.5 Å². The third kappa shape index (κ3) is 5.34. The van der Waals surface area contributed by atoms with Gasteiger partial charge in [-0.1, -0.05) is 13.8 Å². The van der Waals surface area contributed by atoms with Crippen LogP contribution < -0.4 is 15.4 Å². The molecule has 7 nitrogen and oxygen atoms in total. The zero-order valence-electron chi connectivity index (χ0n) is 15.6. The van der Waals surface area contributed by atoms with Gasteiger partial charge in [0.1, 0.15) is 11.8 Å². The maximum Gasteiger partial charge on any atom is 0.251 e. The number of rotatable bonds is 8. The summed E-state index contributed by atoms with van der Waals surface area (Å²) in [5.74, 6) is 0.143. The third-order valence-corrected chi connectivity index (χ3v) is 4.02. The molecule has 0 fully saturated rings. The first kappa shape index (κ1) is 19.5. The lowest BCUT2D eigenvalue weighted by molar-refractivity contribution is -0.124. The summed E-state index contributed by atoms with van der Waals surface area (Å²) in [4.78, 5) is 29.1. The molecule has 0 spiro atoms. The van der Waals surface area contributed by atoms with E-state index in [-0.39, 0.29) is 23.8 Å². The van der Waals surface area contributed by atoms with Crippen LogP contribution in [0.2, 0.25) is 0 Å². The highest BCUT2D eigenvalue weighted by atomic mass is 16.5. The topological polar surface area (TPSA) is 85.2 Å². The molecule has 0 aliphatic heterocycles. The van der Waals surface area contributed by atoms with E-state index >= 15 is 0 Å². The van der Waals surface area contributed by atoms with E-state index in [2.05, 4.69) is 15.6 Å². The molecule has 1 aromatic heterocycles. The quantitative estimate of drug-likeness (QED) is 0.754. The van der Waals surface area contributed by atoms with Crippen LogP contribution in [0.15, 0.2) is 43.0 Å². The molecule has 0 saturated carbocycles. The van der Waals surface area contributed by atoms with Crippen LogP contribution in [0.1, 0.15) is 31.1 Å². The van der Waals surface area contributed by atoms with E-state index in [4.69, 9.17) is 4.74 Å². The van der Waals surface area contributed by atoms with Gasteiger partial charge < -0.3 is 19.9 Å². The summed E-state index contributed by atoms with van der Waals surface area (Å²) >= 11 is 0. The monoisotopic (exact) mass is 358 g/mol. The van der Waals surface area contributed by atoms with Gasteiger partial charge in [0, 0.05) is 30.5 Å². The molecule has 0 aliphatic carbocycles. The van der Waals surface area contributed by atoms with Crippen molar-refractivity contribution in [1.29, 1.82) is 0 Å². The molecular formula is C19H26N4O3. The van der Waals surface area contributed by atoms with Crippen molar-refractivity contribution >= 4 is 11.8 Å². The summed E-state index contributed by atoms with van der Waals surface area (Å²) in [5, 5.41) is 5.78. The normalized spacial score (nSPS) is 13.1. The van der Waals surface area contributed by atoms with Gasteiger partial charge in [0.05, 0.1) is 13.4 Å². The Morgan fingerprint density at radius 2 is 1.85 bits per heavy atom. The van der Waals surface area contributed by atoms with Gasteiger partial charge in [-0.15, -0.1) is 0 Å². The first-order valence-corrected chi connectivity index (χ1v) is 8.61. The SMILES string of the molecule is COc1ccc(C(=O)NC(C(=O)NC(C)Cn2ccnc2)C(C)C)cc1. The second-order valence-electron chi connectivity index (χ2n) is 6.59. The maximum absolute atomic E-state index is 12.6. The van der Waals surface area contributed by atoms with Crippen LogP contribution in [0.5, 0.6) is 5.75 Å². The standard InChI is InChI=1S/C19H26N4O3/c1-13(2)17(19(25)21-14(3)11-23-10-9-20-12-23)22-18(24)15-5-7-16(26-4)8-6-15/h5-10,12-14,17H,11H2,1-4H3,(H,21,25)(H,22,24). The lowest BCUT2D eigenvalue weighted by Crippen LogP contribution is -2.52. The van der Waals surface area contributed by atoms with Gasteiger partial charge in [-0.25, -0.2) is 4.98 Å². The average molecular weight is 358 g/mol. The lowest BCUT2D eigenvalue weighted by Gasteiger charge is -2.24. The Balaban J connectivity index is 1.97. The number of carbonyl (C=O) groups excluding carboxylic acids is 2. The molecule has 140 valence electrons. The average Bonchev–Trinajstić information content (AvgIpc) is 3.11. The zero-order chi connectivity index (χ0) is 19.1. The Hall–Kier alpha value is -2.83. The van der Waals surface area contributed by atoms with Crippen LogP contribution in [-0.4, -0.2) is 40.6 Å². The van der Waals surface area contributed by atoms with Crippen molar-refractivity contribution in [3.63, 3.8) is 0 Å². The van der Waals surface area contributed by atoms with Gasteiger partial charge in [-0.2, -0.15) is 0 Å². The Morgan fingerprint density at radius 1 is 1.15 bits per heavy atom. The summed E-state index contributed by atoms with van der Waals surface area (Å²) < 4.78 is 6.99. The number of amides is 2. The molecule has 2 unspecified atom stereocenters. The largest absolute Gasteiger partial charge is 0.497 e. The summed E-state index contributed by atoms with van der Waals surface area (Å²) in [6.45, 7) is 6.34. The second-order valence-corrected chi connectivity index (χ2v) is 6.59. The highest BCUT2D eigenvalue weighted by Crippen LogP contribution is 2.12. The van der Waals surface area contributed by atoms with Gasteiger partial charge in [0.25, 0.3) is 5.91 Å². The number of hydrogen-bond acceptors (Lipinski definition) is 4. The van der Waals surface area contributed by atoms with E-state index in [0.717, 1.165) is 0 Å². The van der Waals surface area contributed by atoms with Crippen LogP contribution in [0, 0.1) is 5.92 Å². The Bertz CT molecular complexity index is 711. The van der Waals surface area contributed by atoms with E-state index < -0.39 is 6.04 Å². The van der Waals surface area contributed by atoms with Gasteiger partial charge in [-0.3, -0.25) is 9.59 Å². The number of aromatic nitrogens is 2.